The average Bonchev–Trinajstić information content (AvgIpc) is 3.10. The van der Waals surface area contributed by atoms with Gasteiger partial charge in [0.1, 0.15) is 5.71 Å². The first kappa shape index (κ1) is 25.9. The Morgan fingerprint density at radius 3 is 2.57 bits per heavy atom. The van der Waals surface area contributed by atoms with Crippen LogP contribution in [0.25, 0.3) is 0 Å². The minimum atomic E-state index is -1.03. The van der Waals surface area contributed by atoms with Gasteiger partial charge in [0.15, 0.2) is 0 Å². The number of hydrogen-bond donors (Lipinski definition) is 5. The van der Waals surface area contributed by atoms with E-state index in [4.69, 9.17) is 0 Å². The molecule has 194 valence electrons. The number of aliphatic hydroxyl groups is 2. The average molecular weight is 489 g/mol. The molecule has 35 heavy (non-hydrogen) atoms. The van der Waals surface area contributed by atoms with Crippen molar-refractivity contribution in [2.45, 2.75) is 72.3 Å². The summed E-state index contributed by atoms with van der Waals surface area (Å²) in [6.45, 7) is 7.80. The van der Waals surface area contributed by atoms with Gasteiger partial charge in [0.05, 0.1) is 24.3 Å². The van der Waals surface area contributed by atoms with E-state index in [0.29, 0.717) is 31.4 Å². The van der Waals surface area contributed by atoms with Crippen molar-refractivity contribution in [2.24, 2.45) is 56.1 Å². The van der Waals surface area contributed by atoms with Crippen LogP contribution in [0.5, 0.6) is 0 Å². The number of oxime groups is 2. The molecule has 0 aromatic carbocycles. The van der Waals surface area contributed by atoms with E-state index in [1.165, 1.54) is 0 Å². The highest BCUT2D eigenvalue weighted by Crippen LogP contribution is 2.72. The predicted molar refractivity (Wildman–Crippen MR) is 132 cm³/mol. The largest absolute Gasteiger partial charge is 0.481 e. The summed E-state index contributed by atoms with van der Waals surface area (Å²) in [6.07, 6.45) is 8.63. The van der Waals surface area contributed by atoms with Crippen molar-refractivity contribution in [3.05, 3.63) is 23.8 Å². The molecule has 9 atom stereocenters. The summed E-state index contributed by atoms with van der Waals surface area (Å²) in [7, 11) is 0. The molecule has 0 heterocycles. The molecule has 9 unspecified atom stereocenters. The van der Waals surface area contributed by atoms with Crippen molar-refractivity contribution in [2.75, 3.05) is 6.61 Å². The molecule has 0 radical (unpaired) electrons. The molecule has 5 N–H and O–H groups in total. The Bertz CT molecular complexity index is 988. The third-order valence-electron chi connectivity index (χ3n) is 10.5. The van der Waals surface area contributed by atoms with Crippen LogP contribution in [-0.4, -0.2) is 55.8 Å². The third kappa shape index (κ3) is 3.43. The second-order valence-electron chi connectivity index (χ2n) is 11.8. The molecule has 0 bridgehead atoms. The predicted octanol–water partition coefficient (Wildman–Crippen LogP) is 4.08. The van der Waals surface area contributed by atoms with E-state index in [1.54, 1.807) is 0 Å². The van der Waals surface area contributed by atoms with E-state index in [9.17, 15) is 30.5 Å². The standard InChI is InChI=1S/C27H40N2O6/c1-5-6-19(24(32)33)27(22(14-30)29-35)10-8-18-17-11-15(2)20-12-16(28-34)7-9-25(20,3)23(17)21(31)13-26(18,27)4/h7,9,12,15,17-19,21,23,30-31,34-35H,5-6,8,10-11,13-14H2,1-4H3,(H,32,33)/b28-16+,29-22-. The van der Waals surface area contributed by atoms with Gasteiger partial charge in [-0.1, -0.05) is 56.1 Å². The number of aliphatic carboxylic acids is 1. The Kier molecular flexibility index (Phi) is 6.68. The Morgan fingerprint density at radius 2 is 2.00 bits per heavy atom. The fraction of sp³-hybridized carbons (Fsp3) is 0.741. The van der Waals surface area contributed by atoms with E-state index in [0.717, 1.165) is 18.4 Å². The van der Waals surface area contributed by atoms with Crippen LogP contribution in [-0.2, 0) is 4.79 Å². The molecule has 4 aliphatic carbocycles. The lowest BCUT2D eigenvalue weighted by Crippen LogP contribution is -2.62. The van der Waals surface area contributed by atoms with Crippen LogP contribution in [0.15, 0.2) is 34.1 Å². The van der Waals surface area contributed by atoms with Gasteiger partial charge in [-0.2, -0.15) is 0 Å². The third-order valence-corrected chi connectivity index (χ3v) is 10.5. The first-order chi connectivity index (χ1) is 16.5. The summed E-state index contributed by atoms with van der Waals surface area (Å²) in [5.41, 5.74) is -0.288. The fourth-order valence-corrected chi connectivity index (χ4v) is 9.26. The molecule has 8 nitrogen and oxygen atoms in total. The van der Waals surface area contributed by atoms with Gasteiger partial charge in [0.25, 0.3) is 0 Å². The van der Waals surface area contributed by atoms with E-state index < -0.39 is 40.8 Å². The maximum atomic E-state index is 12.6. The Morgan fingerprint density at radius 1 is 1.29 bits per heavy atom. The topological polar surface area (TPSA) is 143 Å². The number of carbonyl (C=O) groups is 1. The number of nitrogens with zero attached hydrogens (tertiary/aromatic N) is 2. The second kappa shape index (κ2) is 9.04. The number of hydrogen-bond acceptors (Lipinski definition) is 7. The lowest BCUT2D eigenvalue weighted by atomic mass is 9.42. The first-order valence-corrected chi connectivity index (χ1v) is 12.9. The molecule has 0 spiro atoms. The molecule has 8 heteroatoms. The number of allylic oxidation sites excluding steroid dienone is 4. The molecule has 0 amide bonds. The van der Waals surface area contributed by atoms with Crippen LogP contribution in [0.4, 0.5) is 0 Å². The van der Waals surface area contributed by atoms with Crippen molar-refractivity contribution in [1.29, 1.82) is 0 Å². The van der Waals surface area contributed by atoms with Gasteiger partial charge >= 0.3 is 5.97 Å². The van der Waals surface area contributed by atoms with Gasteiger partial charge in [-0.15, -0.1) is 0 Å². The molecule has 4 rings (SSSR count). The normalized spacial score (nSPS) is 44.9. The SMILES string of the molecule is CCCC(C(=O)O)C1(/C(CO)=N\O)CCC2C3CC(C)C4=C/C(=N/O)C=CC4(C)C3C(O)CC21C. The number of fused-ring (bicyclic) bond motifs is 5. The molecule has 3 fully saturated rings. The molecular formula is C27H40N2O6. The van der Waals surface area contributed by atoms with Crippen molar-refractivity contribution in [3.63, 3.8) is 0 Å². The summed E-state index contributed by atoms with van der Waals surface area (Å²) in [5.74, 6) is -1.38. The molecule has 0 aromatic heterocycles. The number of aliphatic hydroxyl groups excluding tert-OH is 2. The van der Waals surface area contributed by atoms with Gasteiger partial charge in [0, 0.05) is 16.7 Å². The summed E-state index contributed by atoms with van der Waals surface area (Å²) in [5, 5.41) is 58.5. The highest BCUT2D eigenvalue weighted by Gasteiger charge is 2.70. The number of rotatable bonds is 6. The summed E-state index contributed by atoms with van der Waals surface area (Å²) < 4.78 is 0. The van der Waals surface area contributed by atoms with E-state index >= 15 is 0 Å². The molecular weight excluding hydrogens is 448 g/mol. The summed E-state index contributed by atoms with van der Waals surface area (Å²) in [4.78, 5) is 12.6. The van der Waals surface area contributed by atoms with Gasteiger partial charge in [-0.3, -0.25) is 4.79 Å². The van der Waals surface area contributed by atoms with Gasteiger partial charge in [-0.25, -0.2) is 0 Å². The zero-order valence-corrected chi connectivity index (χ0v) is 21.2. The Hall–Kier alpha value is -2.19. The first-order valence-electron chi connectivity index (χ1n) is 12.9. The van der Waals surface area contributed by atoms with Crippen LogP contribution < -0.4 is 0 Å². The molecule has 0 saturated heterocycles. The zero-order chi connectivity index (χ0) is 25.8. The van der Waals surface area contributed by atoms with Crippen LogP contribution in [0.2, 0.25) is 0 Å². The van der Waals surface area contributed by atoms with Crippen molar-refractivity contribution >= 4 is 17.4 Å². The lowest BCUT2D eigenvalue weighted by molar-refractivity contribution is -0.160. The lowest BCUT2D eigenvalue weighted by Gasteiger charge is -2.62. The monoisotopic (exact) mass is 488 g/mol. The summed E-state index contributed by atoms with van der Waals surface area (Å²) in [6, 6.07) is 0. The van der Waals surface area contributed by atoms with E-state index in [1.807, 2.05) is 19.1 Å². The quantitative estimate of drug-likeness (QED) is 0.217. The van der Waals surface area contributed by atoms with Crippen molar-refractivity contribution in [3.8, 4) is 0 Å². The molecule has 0 aromatic rings. The Labute approximate surface area is 207 Å². The second-order valence-corrected chi connectivity index (χ2v) is 11.8. The highest BCUT2D eigenvalue weighted by atomic mass is 16.4. The number of carboxylic acid groups (broad SMARTS) is 1. The minimum Gasteiger partial charge on any atom is -0.481 e. The molecule has 3 saturated carbocycles. The van der Waals surface area contributed by atoms with E-state index in [2.05, 4.69) is 37.2 Å². The Balaban J connectivity index is 1.85. The highest BCUT2D eigenvalue weighted by molar-refractivity contribution is 6.05. The maximum absolute atomic E-state index is 12.6. The number of carboxylic acids is 1. The maximum Gasteiger partial charge on any atom is 0.307 e. The van der Waals surface area contributed by atoms with Crippen molar-refractivity contribution < 1.29 is 30.5 Å². The van der Waals surface area contributed by atoms with Crippen molar-refractivity contribution in [1.82, 2.24) is 0 Å². The summed E-state index contributed by atoms with van der Waals surface area (Å²) >= 11 is 0. The van der Waals surface area contributed by atoms with Crippen LogP contribution in [0.1, 0.15) is 66.2 Å². The molecule has 4 aliphatic rings. The van der Waals surface area contributed by atoms with Gasteiger partial charge < -0.3 is 25.7 Å². The zero-order valence-electron chi connectivity index (χ0n) is 21.2. The van der Waals surface area contributed by atoms with Crippen LogP contribution in [0, 0.1) is 45.8 Å². The van der Waals surface area contributed by atoms with Gasteiger partial charge in [0.2, 0.25) is 0 Å². The fourth-order valence-electron chi connectivity index (χ4n) is 9.26. The van der Waals surface area contributed by atoms with Crippen LogP contribution in [0.3, 0.4) is 0 Å². The van der Waals surface area contributed by atoms with E-state index in [-0.39, 0.29) is 29.4 Å². The minimum absolute atomic E-state index is 0.0617. The van der Waals surface area contributed by atoms with Gasteiger partial charge in [-0.05, 0) is 67.4 Å². The van der Waals surface area contributed by atoms with Crippen LogP contribution >= 0.6 is 0 Å². The molecule has 0 aliphatic heterocycles. The smallest absolute Gasteiger partial charge is 0.307 e.